The van der Waals surface area contributed by atoms with Crippen molar-refractivity contribution >= 4 is 11.6 Å². The molecule has 1 saturated heterocycles. The Morgan fingerprint density at radius 1 is 1.30 bits per heavy atom. The van der Waals surface area contributed by atoms with E-state index in [1.54, 1.807) is 13.0 Å². The largest absolute Gasteiger partial charge is 0.398 e. The van der Waals surface area contributed by atoms with Crippen molar-refractivity contribution in [2.24, 2.45) is 0 Å². The lowest BCUT2D eigenvalue weighted by atomic mass is 10.1. The number of anilines is 1. The Labute approximate surface area is 120 Å². The number of β-amino-alcohol motifs (C(OH)–C–C–N with tert-alkyl or cyclic N) is 1. The summed E-state index contributed by atoms with van der Waals surface area (Å²) >= 11 is 0. The highest BCUT2D eigenvalue weighted by atomic mass is 16.3. The molecule has 0 aliphatic carbocycles. The smallest absolute Gasteiger partial charge is 0.219 e. The average molecular weight is 277 g/mol. The van der Waals surface area contributed by atoms with Gasteiger partial charge in [-0.3, -0.25) is 9.69 Å². The van der Waals surface area contributed by atoms with Crippen LogP contribution in [0.25, 0.3) is 0 Å². The van der Waals surface area contributed by atoms with Gasteiger partial charge in [0, 0.05) is 50.9 Å². The van der Waals surface area contributed by atoms with E-state index in [2.05, 4.69) is 4.90 Å². The Bertz CT molecular complexity index is 464. The van der Waals surface area contributed by atoms with E-state index in [4.69, 9.17) is 5.73 Å². The fourth-order valence-corrected chi connectivity index (χ4v) is 2.63. The van der Waals surface area contributed by atoms with Gasteiger partial charge in [0.15, 0.2) is 0 Å². The van der Waals surface area contributed by atoms with Gasteiger partial charge in [0.2, 0.25) is 5.91 Å². The number of nitrogens with two attached hydrogens (primary N) is 1. The first kappa shape index (κ1) is 14.8. The molecule has 20 heavy (non-hydrogen) atoms. The molecule has 1 aromatic rings. The van der Waals surface area contributed by atoms with E-state index in [0.717, 1.165) is 38.2 Å². The quantitative estimate of drug-likeness (QED) is 0.804. The number of nitrogen functional groups attached to an aromatic ring is 1. The topological polar surface area (TPSA) is 69.8 Å². The fourth-order valence-electron chi connectivity index (χ4n) is 2.63. The summed E-state index contributed by atoms with van der Waals surface area (Å²) in [6, 6.07) is 7.41. The van der Waals surface area contributed by atoms with Crippen molar-refractivity contribution in [2.45, 2.75) is 19.4 Å². The second-order valence-electron chi connectivity index (χ2n) is 5.30. The molecule has 1 heterocycles. The van der Waals surface area contributed by atoms with Gasteiger partial charge in [0.05, 0.1) is 6.10 Å². The lowest BCUT2D eigenvalue weighted by molar-refractivity contribution is -0.128. The minimum absolute atomic E-state index is 0.125. The molecule has 0 spiro atoms. The van der Waals surface area contributed by atoms with Crippen LogP contribution in [0.1, 0.15) is 25.0 Å². The van der Waals surface area contributed by atoms with Gasteiger partial charge in [-0.2, -0.15) is 0 Å². The van der Waals surface area contributed by atoms with Crippen LogP contribution in [0.15, 0.2) is 24.3 Å². The number of rotatable bonds is 3. The fraction of sp³-hybridized carbons (Fsp3) is 0.533. The second kappa shape index (κ2) is 6.72. The number of hydrogen-bond acceptors (Lipinski definition) is 4. The first-order chi connectivity index (χ1) is 9.58. The van der Waals surface area contributed by atoms with Crippen molar-refractivity contribution < 1.29 is 9.90 Å². The maximum Gasteiger partial charge on any atom is 0.219 e. The number of carbonyl (C=O) groups excluding carboxylic acids is 1. The molecule has 0 bridgehead atoms. The van der Waals surface area contributed by atoms with Gasteiger partial charge in [-0.1, -0.05) is 18.2 Å². The Hall–Kier alpha value is -1.59. The third-order valence-electron chi connectivity index (χ3n) is 3.82. The van der Waals surface area contributed by atoms with Crippen molar-refractivity contribution in [3.05, 3.63) is 29.8 Å². The molecule has 3 N–H and O–H groups in total. The molecular weight excluding hydrogens is 254 g/mol. The van der Waals surface area contributed by atoms with Gasteiger partial charge < -0.3 is 15.7 Å². The summed E-state index contributed by atoms with van der Waals surface area (Å²) in [7, 11) is 0. The Morgan fingerprint density at radius 2 is 2.05 bits per heavy atom. The number of aliphatic hydroxyl groups is 1. The number of benzene rings is 1. The maximum atomic E-state index is 11.4. The van der Waals surface area contributed by atoms with Crippen LogP contribution < -0.4 is 5.73 Å². The molecule has 0 radical (unpaired) electrons. The van der Waals surface area contributed by atoms with Crippen LogP contribution in [0.2, 0.25) is 0 Å². The van der Waals surface area contributed by atoms with Crippen molar-refractivity contribution in [3.63, 3.8) is 0 Å². The molecule has 110 valence electrons. The van der Waals surface area contributed by atoms with Crippen molar-refractivity contribution in [2.75, 3.05) is 38.5 Å². The molecular formula is C15H23N3O2. The van der Waals surface area contributed by atoms with Crippen molar-refractivity contribution in [3.8, 4) is 0 Å². The van der Waals surface area contributed by atoms with E-state index in [1.807, 2.05) is 23.1 Å². The number of hydrogen-bond donors (Lipinski definition) is 2. The Morgan fingerprint density at radius 3 is 2.75 bits per heavy atom. The highest BCUT2D eigenvalue weighted by molar-refractivity contribution is 5.73. The summed E-state index contributed by atoms with van der Waals surface area (Å²) < 4.78 is 0. The summed E-state index contributed by atoms with van der Waals surface area (Å²) in [5, 5.41) is 10.3. The van der Waals surface area contributed by atoms with Crippen LogP contribution in [-0.2, 0) is 4.79 Å². The van der Waals surface area contributed by atoms with E-state index in [1.165, 1.54) is 0 Å². The normalized spacial score (nSPS) is 18.6. The highest BCUT2D eigenvalue weighted by Crippen LogP contribution is 2.21. The molecule has 5 nitrogen and oxygen atoms in total. The second-order valence-corrected chi connectivity index (χ2v) is 5.30. The van der Waals surface area contributed by atoms with Crippen LogP contribution in [0, 0.1) is 0 Å². The zero-order valence-electron chi connectivity index (χ0n) is 12.0. The van der Waals surface area contributed by atoms with E-state index in [-0.39, 0.29) is 5.91 Å². The summed E-state index contributed by atoms with van der Waals surface area (Å²) in [6.45, 7) is 5.38. The first-order valence-electron chi connectivity index (χ1n) is 7.08. The summed E-state index contributed by atoms with van der Waals surface area (Å²) in [6.07, 6.45) is 0.358. The molecule has 5 heteroatoms. The molecule has 1 unspecified atom stereocenters. The molecule has 1 fully saturated rings. The molecule has 1 atom stereocenters. The molecule has 2 rings (SSSR count). The summed E-state index contributed by atoms with van der Waals surface area (Å²) in [4.78, 5) is 15.4. The number of para-hydroxylation sites is 1. The van der Waals surface area contributed by atoms with Crippen LogP contribution >= 0.6 is 0 Å². The zero-order valence-corrected chi connectivity index (χ0v) is 12.0. The van der Waals surface area contributed by atoms with Gasteiger partial charge in [-0.15, -0.1) is 0 Å². The van der Waals surface area contributed by atoms with Crippen LogP contribution in [-0.4, -0.2) is 53.5 Å². The standard InChI is InChI=1S/C15H23N3O2/c1-12(19)18-8-4-7-17(9-10-18)11-15(20)13-5-2-3-6-14(13)16/h2-3,5-6,15,20H,4,7-11,16H2,1H3. The number of nitrogens with zero attached hydrogens (tertiary/aromatic N) is 2. The number of aliphatic hydroxyl groups excluding tert-OH is 1. The van der Waals surface area contributed by atoms with Crippen molar-refractivity contribution in [1.82, 2.24) is 9.80 Å². The average Bonchev–Trinajstić information content (AvgIpc) is 2.65. The molecule has 0 aromatic heterocycles. The Balaban J connectivity index is 1.93. The predicted octanol–water partition coefficient (Wildman–Crippen LogP) is 0.856. The third kappa shape index (κ3) is 3.71. The van der Waals surface area contributed by atoms with E-state index in [0.29, 0.717) is 12.2 Å². The van der Waals surface area contributed by atoms with Gasteiger partial charge in [0.1, 0.15) is 0 Å². The minimum atomic E-state index is -0.583. The lowest BCUT2D eigenvalue weighted by Crippen LogP contribution is -2.35. The molecule has 1 aliphatic heterocycles. The molecule has 1 aromatic carbocycles. The number of carbonyl (C=O) groups is 1. The maximum absolute atomic E-state index is 11.4. The number of amides is 1. The third-order valence-corrected chi connectivity index (χ3v) is 3.82. The SMILES string of the molecule is CC(=O)N1CCCN(CC(O)c2ccccc2N)CC1. The zero-order chi connectivity index (χ0) is 14.5. The molecule has 1 aliphatic rings. The lowest BCUT2D eigenvalue weighted by Gasteiger charge is -2.24. The van der Waals surface area contributed by atoms with Gasteiger partial charge in [0.25, 0.3) is 0 Å². The highest BCUT2D eigenvalue weighted by Gasteiger charge is 2.20. The van der Waals surface area contributed by atoms with Gasteiger partial charge in [-0.25, -0.2) is 0 Å². The molecule has 1 amide bonds. The predicted molar refractivity (Wildman–Crippen MR) is 79.1 cm³/mol. The monoisotopic (exact) mass is 277 g/mol. The minimum Gasteiger partial charge on any atom is -0.398 e. The van der Waals surface area contributed by atoms with Gasteiger partial charge in [-0.05, 0) is 12.5 Å². The van der Waals surface area contributed by atoms with Crippen molar-refractivity contribution in [1.29, 1.82) is 0 Å². The van der Waals surface area contributed by atoms with E-state index >= 15 is 0 Å². The Kier molecular flexibility index (Phi) is 4.98. The first-order valence-corrected chi connectivity index (χ1v) is 7.08. The summed E-state index contributed by atoms with van der Waals surface area (Å²) in [5.41, 5.74) is 7.29. The van der Waals surface area contributed by atoms with Crippen LogP contribution in [0.5, 0.6) is 0 Å². The summed E-state index contributed by atoms with van der Waals surface area (Å²) in [5.74, 6) is 0.125. The van der Waals surface area contributed by atoms with E-state index in [9.17, 15) is 9.90 Å². The van der Waals surface area contributed by atoms with Crippen LogP contribution in [0.3, 0.4) is 0 Å². The van der Waals surface area contributed by atoms with E-state index < -0.39 is 6.10 Å². The van der Waals surface area contributed by atoms with Crippen LogP contribution in [0.4, 0.5) is 5.69 Å². The van der Waals surface area contributed by atoms with Gasteiger partial charge >= 0.3 is 0 Å². The molecule has 0 saturated carbocycles.